The summed E-state index contributed by atoms with van der Waals surface area (Å²) < 4.78 is 0. The molecule has 0 aromatic heterocycles. The maximum Gasteiger partial charge on any atom is 1.00 e. The minimum Gasteiger partial charge on any atom is -0.444 e. The van der Waals surface area contributed by atoms with Crippen LogP contribution in [0.4, 0.5) is 0 Å². The van der Waals surface area contributed by atoms with E-state index in [1.165, 1.54) is 0 Å². The average molecular weight is 85.1 g/mol. The standard InChI is InChI=1S/Li.HNO2.H4Si/c;2-1-3;/h;(H,2,3);1H4/q+1;;/p-1. The van der Waals surface area contributed by atoms with Crippen LogP contribution in [0.25, 0.3) is 0 Å². The van der Waals surface area contributed by atoms with Crippen LogP contribution in [0.3, 0.4) is 0 Å². The molecule has 0 unspecified atom stereocenters. The molecule has 0 bridgehead atoms. The second kappa shape index (κ2) is 29.5. The summed E-state index contributed by atoms with van der Waals surface area (Å²) >= 11 is 0. The Morgan fingerprint density at radius 1 is 1.60 bits per heavy atom. The number of rotatable bonds is 0. The molecule has 3 nitrogen and oxygen atoms in total. The normalized spacial score (nSPS) is 2.40. The van der Waals surface area contributed by atoms with Crippen molar-refractivity contribution in [3.8, 4) is 0 Å². The van der Waals surface area contributed by atoms with E-state index in [1.54, 1.807) is 0 Å². The second-order valence-electron chi connectivity index (χ2n) is 0.0745. The third-order valence-corrected chi connectivity index (χ3v) is 0. The van der Waals surface area contributed by atoms with Gasteiger partial charge in [-0.25, -0.2) is 0 Å². The zero-order valence-electron chi connectivity index (χ0n) is 2.26. The van der Waals surface area contributed by atoms with E-state index in [9.17, 15) is 0 Å². The fourth-order valence-corrected chi connectivity index (χ4v) is 0. The molecule has 0 spiro atoms. The number of nitrogens with zero attached hydrogens (tertiary/aromatic N) is 1. The third-order valence-electron chi connectivity index (χ3n) is 0. The Hall–Kier alpha value is 0.214. The van der Waals surface area contributed by atoms with E-state index in [2.05, 4.69) is 0 Å². The largest absolute Gasteiger partial charge is 1.00 e. The summed E-state index contributed by atoms with van der Waals surface area (Å²) in [6, 6.07) is 0. The summed E-state index contributed by atoms with van der Waals surface area (Å²) in [6.07, 6.45) is 0. The number of hydrogen-bond acceptors (Lipinski definition) is 3. The Morgan fingerprint density at radius 2 is 1.60 bits per heavy atom. The maximum absolute atomic E-state index is 8.00. The van der Waals surface area contributed by atoms with Crippen molar-refractivity contribution in [2.24, 2.45) is 5.34 Å². The Bertz CT molecular complexity index is 17.1. The van der Waals surface area contributed by atoms with Crippen LogP contribution in [-0.4, -0.2) is 11.0 Å². The molecule has 0 rings (SSSR count). The fourth-order valence-electron chi connectivity index (χ4n) is 0. The van der Waals surface area contributed by atoms with Gasteiger partial charge >= 0.3 is 18.9 Å². The van der Waals surface area contributed by atoms with Gasteiger partial charge in [-0.05, 0) is 11.0 Å². The first kappa shape index (κ1) is 18.9. The smallest absolute Gasteiger partial charge is 0.444 e. The molecule has 0 saturated heterocycles. The van der Waals surface area contributed by atoms with Crippen molar-refractivity contribution < 1.29 is 18.9 Å². The Morgan fingerprint density at radius 3 is 1.60 bits per heavy atom. The number of hydrogen-bond donors (Lipinski definition) is 0. The van der Waals surface area contributed by atoms with Gasteiger partial charge in [0.25, 0.3) is 0 Å². The van der Waals surface area contributed by atoms with Gasteiger partial charge in [-0.3, -0.25) is 0 Å². The van der Waals surface area contributed by atoms with Gasteiger partial charge in [0.1, 0.15) is 0 Å². The first-order valence-electron chi connectivity index (χ1n) is 0.365. The van der Waals surface area contributed by atoms with Crippen molar-refractivity contribution in [3.63, 3.8) is 0 Å². The summed E-state index contributed by atoms with van der Waals surface area (Å²) in [5.41, 5.74) is 0. The van der Waals surface area contributed by atoms with Crippen LogP contribution in [0.5, 0.6) is 0 Å². The quantitative estimate of drug-likeness (QED) is 0.170. The van der Waals surface area contributed by atoms with Gasteiger partial charge in [0, 0.05) is 0 Å². The van der Waals surface area contributed by atoms with Gasteiger partial charge in [-0.15, -0.1) is 5.34 Å². The van der Waals surface area contributed by atoms with Crippen molar-refractivity contribution in [2.75, 3.05) is 0 Å². The predicted octanol–water partition coefficient (Wildman–Crippen LogP) is -4.20. The summed E-state index contributed by atoms with van der Waals surface area (Å²) in [5.74, 6) is 0. The second-order valence-corrected chi connectivity index (χ2v) is 0.0745. The molecule has 0 amide bonds. The van der Waals surface area contributed by atoms with Crippen molar-refractivity contribution >= 4 is 11.0 Å². The van der Waals surface area contributed by atoms with Crippen LogP contribution in [0.15, 0.2) is 5.34 Å². The van der Waals surface area contributed by atoms with Gasteiger partial charge in [0.2, 0.25) is 0 Å². The minimum absolute atomic E-state index is 0. The SMILES string of the molecule is O=N[O-].[Li+].[SiH4]. The molecule has 0 atom stereocenters. The van der Waals surface area contributed by atoms with E-state index >= 15 is 0 Å². The molecule has 0 radical (unpaired) electrons. The van der Waals surface area contributed by atoms with E-state index in [0.29, 0.717) is 0 Å². The van der Waals surface area contributed by atoms with E-state index in [4.69, 9.17) is 10.1 Å². The van der Waals surface area contributed by atoms with Gasteiger partial charge in [-0.2, -0.15) is 0 Å². The zero-order valence-corrected chi connectivity index (χ0v) is 2.26. The predicted molar refractivity (Wildman–Crippen MR) is 20.5 cm³/mol. The molecule has 0 aliphatic heterocycles. The van der Waals surface area contributed by atoms with Crippen LogP contribution < -0.4 is 18.9 Å². The van der Waals surface area contributed by atoms with E-state index in [0.717, 1.165) is 5.34 Å². The molecule has 5 heteroatoms. The van der Waals surface area contributed by atoms with Crippen LogP contribution in [0, 0.1) is 10.1 Å². The van der Waals surface area contributed by atoms with Crippen molar-refractivity contribution in [3.05, 3.63) is 10.1 Å². The van der Waals surface area contributed by atoms with E-state index in [-0.39, 0.29) is 29.8 Å². The fraction of sp³-hybridized carbons (Fsp3) is 0. The molecule has 0 N–H and O–H groups in total. The Labute approximate surface area is 45.9 Å². The van der Waals surface area contributed by atoms with Crippen molar-refractivity contribution in [1.29, 1.82) is 0 Å². The minimum atomic E-state index is 0. The molecule has 0 aromatic rings. The van der Waals surface area contributed by atoms with Crippen molar-refractivity contribution in [2.45, 2.75) is 0 Å². The molecule has 0 fully saturated rings. The zero-order chi connectivity index (χ0) is 2.71. The third kappa shape index (κ3) is 450. The van der Waals surface area contributed by atoms with Crippen LogP contribution in [-0.2, 0) is 0 Å². The molecule has 0 aromatic carbocycles. The van der Waals surface area contributed by atoms with Crippen molar-refractivity contribution in [1.82, 2.24) is 0 Å². The Balaban J connectivity index is -0.0000000200. The van der Waals surface area contributed by atoms with Crippen LogP contribution in [0.1, 0.15) is 0 Å². The molecule has 5 heavy (non-hydrogen) atoms. The van der Waals surface area contributed by atoms with Gasteiger partial charge < -0.3 is 10.1 Å². The van der Waals surface area contributed by atoms with Gasteiger partial charge in [0.15, 0.2) is 0 Å². The molecule has 26 valence electrons. The Kier molecular flexibility index (Phi) is 112. The van der Waals surface area contributed by atoms with Gasteiger partial charge in [0.05, 0.1) is 0 Å². The summed E-state index contributed by atoms with van der Waals surface area (Å²) in [6.45, 7) is 0. The maximum atomic E-state index is 8.00. The first-order chi connectivity index (χ1) is 1.41. The summed E-state index contributed by atoms with van der Waals surface area (Å²) in [4.78, 5) is 8.00. The molecule has 0 saturated carbocycles. The molecule has 0 aliphatic rings. The van der Waals surface area contributed by atoms with Crippen LogP contribution in [0.2, 0.25) is 0 Å². The topological polar surface area (TPSA) is 52.5 Å². The first-order valence-corrected chi connectivity index (χ1v) is 0.365. The van der Waals surface area contributed by atoms with E-state index in [1.807, 2.05) is 0 Å². The monoisotopic (exact) mass is 85.0 g/mol. The average Bonchev–Trinajstić information content (AvgIpc) is 0.918. The van der Waals surface area contributed by atoms with Gasteiger partial charge in [-0.1, -0.05) is 0 Å². The molecule has 0 aliphatic carbocycles. The molecule has 0 heterocycles. The summed E-state index contributed by atoms with van der Waals surface area (Å²) in [5, 5.41) is 9.00. The van der Waals surface area contributed by atoms with E-state index < -0.39 is 0 Å². The van der Waals surface area contributed by atoms with Crippen LogP contribution >= 0.6 is 0 Å². The summed E-state index contributed by atoms with van der Waals surface area (Å²) in [7, 11) is 0. The molecular weight excluding hydrogens is 81.0 g/mol. The molecular formula is H4LiNO2Si.